The van der Waals surface area contributed by atoms with Crippen LogP contribution < -0.4 is 5.32 Å². The number of aromatic nitrogens is 1. The SMILES string of the molecule is CSc1ccccc1-c1cc(CNC23CC4CC(CC(O)(C4)C2)C3)no1. The first kappa shape index (κ1) is 16.8. The molecule has 4 aliphatic carbocycles. The second kappa shape index (κ2) is 6.11. The summed E-state index contributed by atoms with van der Waals surface area (Å²) in [6, 6.07) is 10.3. The number of benzene rings is 1. The Kier molecular flexibility index (Phi) is 3.96. The van der Waals surface area contributed by atoms with Crippen LogP contribution in [0.1, 0.15) is 44.2 Å². The van der Waals surface area contributed by atoms with Crippen LogP contribution in [0.4, 0.5) is 0 Å². The van der Waals surface area contributed by atoms with Crippen molar-refractivity contribution in [3.63, 3.8) is 0 Å². The summed E-state index contributed by atoms with van der Waals surface area (Å²) >= 11 is 1.72. The lowest BCUT2D eigenvalue weighted by Crippen LogP contribution is -2.64. The maximum absolute atomic E-state index is 10.9. The van der Waals surface area contributed by atoms with E-state index in [2.05, 4.69) is 34.9 Å². The Bertz CT molecular complexity index is 804. The van der Waals surface area contributed by atoms with Crippen molar-refractivity contribution < 1.29 is 9.63 Å². The molecule has 2 aromatic rings. The molecule has 4 saturated carbocycles. The van der Waals surface area contributed by atoms with E-state index < -0.39 is 5.60 Å². The smallest absolute Gasteiger partial charge is 0.168 e. The Morgan fingerprint density at radius 2 is 2.00 bits per heavy atom. The molecule has 5 heteroatoms. The molecule has 4 bridgehead atoms. The second-order valence-corrected chi connectivity index (χ2v) is 9.55. The van der Waals surface area contributed by atoms with Gasteiger partial charge in [0.1, 0.15) is 0 Å². The highest BCUT2D eigenvalue weighted by Crippen LogP contribution is 2.57. The Balaban J connectivity index is 1.32. The van der Waals surface area contributed by atoms with Crippen LogP contribution in [0, 0.1) is 11.8 Å². The maximum Gasteiger partial charge on any atom is 0.168 e. The molecule has 138 valence electrons. The third-order valence-electron chi connectivity index (χ3n) is 6.61. The average molecular weight is 371 g/mol. The topological polar surface area (TPSA) is 58.3 Å². The summed E-state index contributed by atoms with van der Waals surface area (Å²) in [6.07, 6.45) is 8.70. The first-order valence-electron chi connectivity index (χ1n) is 9.63. The first-order valence-corrected chi connectivity index (χ1v) is 10.9. The highest BCUT2D eigenvalue weighted by Gasteiger charge is 2.56. The van der Waals surface area contributed by atoms with Gasteiger partial charge in [0.2, 0.25) is 0 Å². The number of rotatable bonds is 5. The highest BCUT2D eigenvalue weighted by atomic mass is 32.2. The van der Waals surface area contributed by atoms with E-state index in [4.69, 9.17) is 4.52 Å². The molecule has 1 aromatic heterocycles. The van der Waals surface area contributed by atoms with E-state index in [1.807, 2.05) is 12.1 Å². The lowest BCUT2D eigenvalue weighted by Gasteiger charge is -2.60. The van der Waals surface area contributed by atoms with Crippen LogP contribution in [-0.4, -0.2) is 27.7 Å². The molecule has 1 heterocycles. The quantitative estimate of drug-likeness (QED) is 0.771. The minimum absolute atomic E-state index is 0.0924. The van der Waals surface area contributed by atoms with Crippen molar-refractivity contribution in [1.29, 1.82) is 0 Å². The van der Waals surface area contributed by atoms with E-state index in [1.165, 1.54) is 24.2 Å². The second-order valence-electron chi connectivity index (χ2n) is 8.70. The summed E-state index contributed by atoms with van der Waals surface area (Å²) in [7, 11) is 0. The Morgan fingerprint density at radius 1 is 1.23 bits per heavy atom. The lowest BCUT2D eigenvalue weighted by molar-refractivity contribution is -0.142. The minimum Gasteiger partial charge on any atom is -0.390 e. The molecule has 4 nitrogen and oxygen atoms in total. The molecule has 0 amide bonds. The number of nitrogens with zero attached hydrogens (tertiary/aromatic N) is 1. The van der Waals surface area contributed by atoms with Gasteiger partial charge in [-0.3, -0.25) is 0 Å². The molecule has 1 aromatic carbocycles. The summed E-state index contributed by atoms with van der Waals surface area (Å²) in [6.45, 7) is 0.709. The Labute approximate surface area is 158 Å². The largest absolute Gasteiger partial charge is 0.390 e. The molecule has 0 radical (unpaired) electrons. The fourth-order valence-corrected chi connectivity index (χ4v) is 6.67. The Hall–Kier alpha value is -1.30. The maximum atomic E-state index is 10.9. The molecule has 4 fully saturated rings. The van der Waals surface area contributed by atoms with Gasteiger partial charge in [0.15, 0.2) is 5.76 Å². The third kappa shape index (κ3) is 2.90. The van der Waals surface area contributed by atoms with Crippen LogP contribution in [-0.2, 0) is 6.54 Å². The third-order valence-corrected chi connectivity index (χ3v) is 7.40. The van der Waals surface area contributed by atoms with E-state index in [1.54, 1.807) is 11.8 Å². The summed E-state index contributed by atoms with van der Waals surface area (Å²) in [5.41, 5.74) is 1.71. The average Bonchev–Trinajstić information content (AvgIpc) is 3.07. The van der Waals surface area contributed by atoms with E-state index in [-0.39, 0.29) is 5.54 Å². The summed E-state index contributed by atoms with van der Waals surface area (Å²) in [5.74, 6) is 2.21. The number of nitrogens with one attached hydrogen (secondary N) is 1. The fourth-order valence-electron chi connectivity index (χ4n) is 6.07. The van der Waals surface area contributed by atoms with Crippen LogP contribution >= 0.6 is 11.8 Å². The number of aliphatic hydroxyl groups is 1. The van der Waals surface area contributed by atoms with Gasteiger partial charge in [-0.2, -0.15) is 0 Å². The minimum atomic E-state index is -0.427. The van der Waals surface area contributed by atoms with E-state index in [9.17, 15) is 5.11 Å². The number of thioether (sulfide) groups is 1. The van der Waals surface area contributed by atoms with E-state index in [0.717, 1.165) is 36.3 Å². The molecule has 2 unspecified atom stereocenters. The van der Waals surface area contributed by atoms with Gasteiger partial charge in [-0.1, -0.05) is 17.3 Å². The zero-order chi connectivity index (χ0) is 17.8. The van der Waals surface area contributed by atoms with Gasteiger partial charge in [0.05, 0.1) is 11.3 Å². The molecule has 2 N–H and O–H groups in total. The van der Waals surface area contributed by atoms with Gasteiger partial charge in [-0.15, -0.1) is 11.8 Å². The van der Waals surface area contributed by atoms with Crippen molar-refractivity contribution in [2.24, 2.45) is 11.8 Å². The van der Waals surface area contributed by atoms with Crippen LogP contribution in [0.5, 0.6) is 0 Å². The zero-order valence-corrected chi connectivity index (χ0v) is 16.0. The molecule has 2 atom stereocenters. The van der Waals surface area contributed by atoms with Gasteiger partial charge < -0.3 is 14.9 Å². The van der Waals surface area contributed by atoms with Crippen molar-refractivity contribution >= 4 is 11.8 Å². The molecule has 0 saturated heterocycles. The van der Waals surface area contributed by atoms with E-state index >= 15 is 0 Å². The number of hydrogen-bond acceptors (Lipinski definition) is 5. The van der Waals surface area contributed by atoms with Crippen molar-refractivity contribution in [2.45, 2.75) is 61.1 Å². The van der Waals surface area contributed by atoms with Crippen LogP contribution in [0.15, 0.2) is 39.8 Å². The molecular weight excluding hydrogens is 344 g/mol. The number of hydrogen-bond donors (Lipinski definition) is 2. The molecule has 4 aliphatic rings. The van der Waals surface area contributed by atoms with Crippen LogP contribution in [0.25, 0.3) is 11.3 Å². The van der Waals surface area contributed by atoms with Crippen molar-refractivity contribution in [3.8, 4) is 11.3 Å². The highest BCUT2D eigenvalue weighted by molar-refractivity contribution is 7.98. The van der Waals surface area contributed by atoms with Gasteiger partial charge >= 0.3 is 0 Å². The van der Waals surface area contributed by atoms with Crippen molar-refractivity contribution in [3.05, 3.63) is 36.0 Å². The van der Waals surface area contributed by atoms with Gasteiger partial charge in [0, 0.05) is 28.6 Å². The summed E-state index contributed by atoms with van der Waals surface area (Å²) in [4.78, 5) is 1.20. The van der Waals surface area contributed by atoms with E-state index in [0.29, 0.717) is 18.4 Å². The summed E-state index contributed by atoms with van der Waals surface area (Å²) < 4.78 is 5.63. The summed E-state index contributed by atoms with van der Waals surface area (Å²) in [5, 5.41) is 19.0. The lowest BCUT2D eigenvalue weighted by atomic mass is 9.51. The fraction of sp³-hybridized carbons (Fsp3) is 0.571. The van der Waals surface area contributed by atoms with Crippen LogP contribution in [0.3, 0.4) is 0 Å². The van der Waals surface area contributed by atoms with Crippen LogP contribution in [0.2, 0.25) is 0 Å². The predicted octanol–water partition coefficient (Wildman–Crippen LogP) is 4.24. The molecule has 0 aliphatic heterocycles. The molecular formula is C21H26N2O2S. The molecule has 26 heavy (non-hydrogen) atoms. The molecule has 0 spiro atoms. The first-order chi connectivity index (χ1) is 12.6. The Morgan fingerprint density at radius 3 is 2.73 bits per heavy atom. The van der Waals surface area contributed by atoms with Crippen molar-refractivity contribution in [1.82, 2.24) is 10.5 Å². The normalized spacial score (nSPS) is 35.2. The van der Waals surface area contributed by atoms with Gasteiger partial charge in [-0.05, 0) is 68.7 Å². The van der Waals surface area contributed by atoms with Gasteiger partial charge in [-0.25, -0.2) is 0 Å². The van der Waals surface area contributed by atoms with Crippen molar-refractivity contribution in [2.75, 3.05) is 6.26 Å². The van der Waals surface area contributed by atoms with Gasteiger partial charge in [0.25, 0.3) is 0 Å². The zero-order valence-electron chi connectivity index (χ0n) is 15.2. The standard InChI is InChI=1S/C21H26N2O2S/c1-26-19-5-3-2-4-17(19)18-7-16(23-25-18)12-22-20-8-14-6-15(9-20)11-21(24,10-14)13-20/h2-5,7,14-15,22,24H,6,8-13H2,1H3. The monoisotopic (exact) mass is 370 g/mol. The molecule has 6 rings (SSSR count). The predicted molar refractivity (Wildman–Crippen MR) is 103 cm³/mol.